The second kappa shape index (κ2) is 9.48. The number of nitrogens with one attached hydrogen (secondary N) is 1. The molecule has 1 N–H and O–H groups in total. The summed E-state index contributed by atoms with van der Waals surface area (Å²) in [5.74, 6) is 0.586. The van der Waals surface area contributed by atoms with Crippen LogP contribution in [0, 0.1) is 0 Å². The van der Waals surface area contributed by atoms with Gasteiger partial charge in [-0.25, -0.2) is 9.89 Å². The molecule has 4 rings (SSSR count). The van der Waals surface area contributed by atoms with Gasteiger partial charge in [0.05, 0.1) is 12.2 Å². The number of imidazole rings is 1. The number of H-pyrrole nitrogens is 1. The zero-order valence-electron chi connectivity index (χ0n) is 18.4. The highest BCUT2D eigenvalue weighted by atomic mass is 35.5. The maximum atomic E-state index is 13.1. The molecule has 0 aliphatic carbocycles. The molecule has 3 aromatic heterocycles. The summed E-state index contributed by atoms with van der Waals surface area (Å²) in [4.78, 5) is 17.4. The number of rotatable bonds is 8. The van der Waals surface area contributed by atoms with Crippen molar-refractivity contribution in [2.75, 3.05) is 0 Å². The van der Waals surface area contributed by atoms with E-state index >= 15 is 0 Å². The summed E-state index contributed by atoms with van der Waals surface area (Å²) in [6, 6.07) is 9.99. The SMILES string of the molecule is CCCCc1c(Cl)n(C(C)C)c(=O)n1Cc1ccc(-c2cnccc2-c2nnn[nH]2)cc1. The van der Waals surface area contributed by atoms with Crippen LogP contribution in [0.25, 0.3) is 22.5 Å². The fourth-order valence-electron chi connectivity index (χ4n) is 3.85. The van der Waals surface area contributed by atoms with E-state index in [0.717, 1.165) is 47.2 Å². The van der Waals surface area contributed by atoms with Crippen molar-refractivity contribution in [1.82, 2.24) is 34.7 Å². The first-order valence-corrected chi connectivity index (χ1v) is 11.2. The molecular weight excluding hydrogens is 426 g/mol. The van der Waals surface area contributed by atoms with Crippen LogP contribution in [0.1, 0.15) is 50.9 Å². The third-order valence-corrected chi connectivity index (χ3v) is 5.92. The summed E-state index contributed by atoms with van der Waals surface area (Å²) in [6.45, 7) is 6.57. The average Bonchev–Trinajstić information content (AvgIpc) is 3.40. The normalized spacial score (nSPS) is 11.4. The quantitative estimate of drug-likeness (QED) is 0.425. The minimum absolute atomic E-state index is 0.00795. The third kappa shape index (κ3) is 4.23. The van der Waals surface area contributed by atoms with Crippen LogP contribution in [0.5, 0.6) is 0 Å². The summed E-state index contributed by atoms with van der Waals surface area (Å²) in [5, 5.41) is 14.7. The molecule has 3 heterocycles. The summed E-state index contributed by atoms with van der Waals surface area (Å²) in [5.41, 5.74) is 4.66. The number of benzene rings is 1. The zero-order valence-corrected chi connectivity index (χ0v) is 19.2. The fraction of sp³-hybridized carbons (Fsp3) is 0.348. The average molecular weight is 452 g/mol. The van der Waals surface area contributed by atoms with Gasteiger partial charge in [0.1, 0.15) is 5.15 Å². The van der Waals surface area contributed by atoms with Gasteiger partial charge >= 0.3 is 5.69 Å². The van der Waals surface area contributed by atoms with Gasteiger partial charge in [-0.15, -0.1) is 5.10 Å². The molecule has 8 nitrogen and oxygen atoms in total. The first kappa shape index (κ1) is 22.0. The lowest BCUT2D eigenvalue weighted by molar-refractivity contribution is 0.560. The van der Waals surface area contributed by atoms with Gasteiger partial charge in [-0.1, -0.05) is 49.2 Å². The van der Waals surface area contributed by atoms with E-state index in [9.17, 15) is 4.79 Å². The minimum atomic E-state index is -0.0625. The molecule has 0 unspecified atom stereocenters. The van der Waals surface area contributed by atoms with E-state index < -0.39 is 0 Å². The zero-order chi connectivity index (χ0) is 22.7. The van der Waals surface area contributed by atoms with Crippen LogP contribution in [-0.4, -0.2) is 34.7 Å². The summed E-state index contributed by atoms with van der Waals surface area (Å²) in [6.07, 6.45) is 6.32. The van der Waals surface area contributed by atoms with Crippen molar-refractivity contribution in [3.63, 3.8) is 0 Å². The molecular formula is C23H26ClN7O. The Morgan fingerprint density at radius 3 is 2.56 bits per heavy atom. The predicted molar refractivity (Wildman–Crippen MR) is 125 cm³/mol. The Morgan fingerprint density at radius 2 is 1.91 bits per heavy atom. The molecule has 4 aromatic rings. The van der Waals surface area contributed by atoms with Gasteiger partial charge in [-0.3, -0.25) is 14.1 Å². The van der Waals surface area contributed by atoms with Gasteiger partial charge in [-0.2, -0.15) is 0 Å². The van der Waals surface area contributed by atoms with Gasteiger partial charge in [0.2, 0.25) is 0 Å². The van der Waals surface area contributed by atoms with E-state index in [1.807, 2.05) is 48.7 Å². The first-order chi connectivity index (χ1) is 15.5. The van der Waals surface area contributed by atoms with Crippen molar-refractivity contribution >= 4 is 11.6 Å². The standard InChI is InChI=1S/C23H26ClN7O/c1-4-5-6-20-21(24)31(15(2)3)23(32)30(20)14-16-7-9-17(10-8-16)19-13-25-12-11-18(19)22-26-28-29-27-22/h7-13,15H,4-6,14H2,1-3H3,(H,26,27,28,29). The molecule has 0 saturated heterocycles. The lowest BCUT2D eigenvalue weighted by Gasteiger charge is -2.10. The Hall–Kier alpha value is -3.26. The van der Waals surface area contributed by atoms with Gasteiger partial charge in [0, 0.05) is 29.6 Å². The molecule has 0 amide bonds. The molecule has 0 saturated carbocycles. The lowest BCUT2D eigenvalue weighted by atomic mass is 10.0. The van der Waals surface area contributed by atoms with Crippen LogP contribution in [0.2, 0.25) is 5.15 Å². The van der Waals surface area contributed by atoms with Crippen molar-refractivity contribution in [3.05, 3.63) is 69.6 Å². The number of aromatic nitrogens is 7. The van der Waals surface area contributed by atoms with Crippen molar-refractivity contribution in [3.8, 4) is 22.5 Å². The van der Waals surface area contributed by atoms with E-state index in [4.69, 9.17) is 11.6 Å². The molecule has 166 valence electrons. The topological polar surface area (TPSA) is 94.3 Å². The number of halogens is 1. The van der Waals surface area contributed by atoms with Crippen LogP contribution in [0.4, 0.5) is 0 Å². The first-order valence-electron chi connectivity index (χ1n) is 10.8. The van der Waals surface area contributed by atoms with Gasteiger partial charge < -0.3 is 0 Å². The maximum absolute atomic E-state index is 13.1. The Labute approximate surface area is 191 Å². The largest absolute Gasteiger partial charge is 0.330 e. The Bertz CT molecular complexity index is 1240. The molecule has 0 spiro atoms. The Kier molecular flexibility index (Phi) is 6.50. The van der Waals surface area contributed by atoms with E-state index in [1.165, 1.54) is 0 Å². The molecule has 0 aliphatic heterocycles. The third-order valence-electron chi connectivity index (χ3n) is 5.52. The van der Waals surface area contributed by atoms with Crippen molar-refractivity contribution in [2.24, 2.45) is 0 Å². The van der Waals surface area contributed by atoms with E-state index in [1.54, 1.807) is 17.0 Å². The van der Waals surface area contributed by atoms with Crippen molar-refractivity contribution in [2.45, 2.75) is 52.6 Å². The van der Waals surface area contributed by atoms with E-state index in [-0.39, 0.29) is 11.7 Å². The van der Waals surface area contributed by atoms with Crippen LogP contribution < -0.4 is 5.69 Å². The highest BCUT2D eigenvalue weighted by molar-refractivity contribution is 6.30. The van der Waals surface area contributed by atoms with Crippen LogP contribution in [0.3, 0.4) is 0 Å². The van der Waals surface area contributed by atoms with E-state index in [0.29, 0.717) is 17.5 Å². The number of tetrazole rings is 1. The van der Waals surface area contributed by atoms with Crippen molar-refractivity contribution in [1.29, 1.82) is 0 Å². The lowest BCUT2D eigenvalue weighted by Crippen LogP contribution is -2.26. The number of unbranched alkanes of at least 4 members (excludes halogenated alkanes) is 1. The van der Waals surface area contributed by atoms with E-state index in [2.05, 4.69) is 32.5 Å². The highest BCUT2D eigenvalue weighted by Gasteiger charge is 2.20. The second-order valence-corrected chi connectivity index (χ2v) is 8.40. The smallest absolute Gasteiger partial charge is 0.290 e. The second-order valence-electron chi connectivity index (χ2n) is 8.04. The predicted octanol–water partition coefficient (Wildman–Crippen LogP) is 4.52. The van der Waals surface area contributed by atoms with Gasteiger partial charge in [-0.05, 0) is 54.3 Å². The number of aromatic amines is 1. The number of hydrogen-bond donors (Lipinski definition) is 1. The molecule has 32 heavy (non-hydrogen) atoms. The fourth-order valence-corrected chi connectivity index (χ4v) is 4.31. The number of nitrogens with zero attached hydrogens (tertiary/aromatic N) is 6. The summed E-state index contributed by atoms with van der Waals surface area (Å²) in [7, 11) is 0. The maximum Gasteiger partial charge on any atom is 0.330 e. The monoisotopic (exact) mass is 451 g/mol. The van der Waals surface area contributed by atoms with Crippen molar-refractivity contribution < 1.29 is 0 Å². The van der Waals surface area contributed by atoms with Gasteiger partial charge in [0.25, 0.3) is 0 Å². The van der Waals surface area contributed by atoms with Crippen LogP contribution >= 0.6 is 11.6 Å². The van der Waals surface area contributed by atoms with Gasteiger partial charge in [0.15, 0.2) is 5.82 Å². The summed E-state index contributed by atoms with van der Waals surface area (Å²) < 4.78 is 3.48. The molecule has 0 fully saturated rings. The minimum Gasteiger partial charge on any atom is -0.290 e. The Morgan fingerprint density at radius 1 is 1.12 bits per heavy atom. The Balaban J connectivity index is 1.66. The molecule has 0 radical (unpaired) electrons. The molecule has 0 bridgehead atoms. The summed E-state index contributed by atoms with van der Waals surface area (Å²) >= 11 is 6.62. The highest BCUT2D eigenvalue weighted by Crippen LogP contribution is 2.29. The molecule has 0 aliphatic rings. The van der Waals surface area contributed by atoms with Crippen LogP contribution in [-0.2, 0) is 13.0 Å². The molecule has 9 heteroatoms. The number of pyridine rings is 1. The molecule has 1 aromatic carbocycles. The number of hydrogen-bond acceptors (Lipinski definition) is 5. The van der Waals surface area contributed by atoms with Crippen LogP contribution in [0.15, 0.2) is 47.5 Å². The molecule has 0 atom stereocenters.